The van der Waals surface area contributed by atoms with E-state index in [9.17, 15) is 18.0 Å². The van der Waals surface area contributed by atoms with Crippen LogP contribution in [0.4, 0.5) is 13.2 Å². The van der Waals surface area contributed by atoms with Crippen LogP contribution >= 0.6 is 0 Å². The minimum Gasteiger partial charge on any atom is -0.321 e. The Kier molecular flexibility index (Phi) is 2.19. The summed E-state index contributed by atoms with van der Waals surface area (Å²) in [5.41, 5.74) is 4.65. The van der Waals surface area contributed by atoms with Crippen LogP contribution in [0.1, 0.15) is 6.92 Å². The summed E-state index contributed by atoms with van der Waals surface area (Å²) in [6.07, 6.45) is -4.78. The standard InChI is InChI=1S/C4H6F3NO/c1-2(8)3(9)4(5,6)7/h2H,8H2,1H3/t2-/m0/s1. The average Bonchev–Trinajstić information content (AvgIpc) is 1.62. The number of ketones is 1. The molecule has 2 N–H and O–H groups in total. The van der Waals surface area contributed by atoms with E-state index < -0.39 is 18.0 Å². The van der Waals surface area contributed by atoms with Crippen molar-refractivity contribution in [1.82, 2.24) is 0 Å². The molecule has 0 aromatic carbocycles. The van der Waals surface area contributed by atoms with Gasteiger partial charge in [-0.05, 0) is 6.92 Å². The molecule has 54 valence electrons. The highest BCUT2D eigenvalue weighted by atomic mass is 19.4. The van der Waals surface area contributed by atoms with E-state index in [1.165, 1.54) is 0 Å². The van der Waals surface area contributed by atoms with Crippen LogP contribution in [0.3, 0.4) is 0 Å². The quantitative estimate of drug-likeness (QED) is 0.576. The van der Waals surface area contributed by atoms with E-state index in [0.717, 1.165) is 6.92 Å². The molecular weight excluding hydrogens is 135 g/mol. The van der Waals surface area contributed by atoms with E-state index in [0.29, 0.717) is 0 Å². The van der Waals surface area contributed by atoms with E-state index >= 15 is 0 Å². The molecule has 0 saturated carbocycles. The van der Waals surface area contributed by atoms with Crippen molar-refractivity contribution in [3.05, 3.63) is 0 Å². The number of Topliss-reactive ketones (excluding diaryl/α,β-unsaturated/α-hetero) is 1. The van der Waals surface area contributed by atoms with Gasteiger partial charge in [0.05, 0.1) is 6.04 Å². The van der Waals surface area contributed by atoms with Crippen LogP contribution in [-0.2, 0) is 4.79 Å². The number of hydrogen-bond acceptors (Lipinski definition) is 2. The van der Waals surface area contributed by atoms with Gasteiger partial charge in [0, 0.05) is 0 Å². The lowest BCUT2D eigenvalue weighted by molar-refractivity contribution is -0.172. The molecule has 2 nitrogen and oxygen atoms in total. The molecule has 0 amide bonds. The van der Waals surface area contributed by atoms with Crippen molar-refractivity contribution in [2.24, 2.45) is 5.73 Å². The zero-order chi connectivity index (χ0) is 7.65. The minimum atomic E-state index is -4.78. The summed E-state index contributed by atoms with van der Waals surface area (Å²) in [6.45, 7) is 0.996. The highest BCUT2D eigenvalue weighted by Gasteiger charge is 2.40. The summed E-state index contributed by atoms with van der Waals surface area (Å²) in [7, 11) is 0. The molecule has 0 unspecified atom stereocenters. The second-order valence-electron chi connectivity index (χ2n) is 1.65. The molecule has 0 aromatic heterocycles. The fourth-order valence-electron chi connectivity index (χ4n) is 0.258. The van der Waals surface area contributed by atoms with Gasteiger partial charge < -0.3 is 5.73 Å². The molecule has 0 aliphatic rings. The molecule has 0 aliphatic carbocycles. The Balaban J connectivity index is 4.06. The number of rotatable bonds is 1. The van der Waals surface area contributed by atoms with Gasteiger partial charge in [-0.25, -0.2) is 0 Å². The number of alkyl halides is 3. The van der Waals surface area contributed by atoms with Gasteiger partial charge in [-0.1, -0.05) is 0 Å². The molecule has 0 saturated heterocycles. The maximum Gasteiger partial charge on any atom is 0.451 e. The van der Waals surface area contributed by atoms with Crippen molar-refractivity contribution in [2.45, 2.75) is 19.1 Å². The van der Waals surface area contributed by atoms with E-state index in [-0.39, 0.29) is 0 Å². The van der Waals surface area contributed by atoms with Crippen LogP contribution in [-0.4, -0.2) is 18.0 Å². The van der Waals surface area contributed by atoms with E-state index in [2.05, 4.69) is 5.73 Å². The summed E-state index contributed by atoms with van der Waals surface area (Å²) in [5.74, 6) is -1.89. The zero-order valence-electron chi connectivity index (χ0n) is 4.70. The predicted molar refractivity (Wildman–Crippen MR) is 24.7 cm³/mol. The van der Waals surface area contributed by atoms with Crippen LogP contribution in [0.15, 0.2) is 0 Å². The SMILES string of the molecule is C[C@H](N)C(=O)C(F)(F)F. The molecule has 0 spiro atoms. The van der Waals surface area contributed by atoms with Gasteiger partial charge in [-0.15, -0.1) is 0 Å². The molecule has 0 bridgehead atoms. The van der Waals surface area contributed by atoms with Gasteiger partial charge in [0.25, 0.3) is 5.78 Å². The van der Waals surface area contributed by atoms with Crippen LogP contribution in [0.5, 0.6) is 0 Å². The molecule has 0 rings (SSSR count). The normalized spacial score (nSPS) is 15.2. The van der Waals surface area contributed by atoms with Crippen molar-refractivity contribution in [3.8, 4) is 0 Å². The van der Waals surface area contributed by atoms with E-state index in [4.69, 9.17) is 0 Å². The highest BCUT2D eigenvalue weighted by Crippen LogP contribution is 2.16. The fourth-order valence-corrected chi connectivity index (χ4v) is 0.258. The lowest BCUT2D eigenvalue weighted by Crippen LogP contribution is -2.38. The van der Waals surface area contributed by atoms with Gasteiger partial charge in [-0.3, -0.25) is 4.79 Å². The summed E-state index contributed by atoms with van der Waals surface area (Å²) in [4.78, 5) is 9.91. The number of nitrogens with two attached hydrogens (primary N) is 1. The molecule has 0 aliphatic heterocycles. The van der Waals surface area contributed by atoms with Crippen molar-refractivity contribution in [3.63, 3.8) is 0 Å². The predicted octanol–water partition coefficient (Wildman–Crippen LogP) is 0.465. The molecule has 0 aromatic rings. The topological polar surface area (TPSA) is 43.1 Å². The molecule has 9 heavy (non-hydrogen) atoms. The zero-order valence-corrected chi connectivity index (χ0v) is 4.70. The summed E-state index contributed by atoms with van der Waals surface area (Å²) in [5, 5.41) is 0. The first-order valence-corrected chi connectivity index (χ1v) is 2.22. The number of carbonyl (C=O) groups is 1. The van der Waals surface area contributed by atoms with Crippen LogP contribution in [0.2, 0.25) is 0 Å². The van der Waals surface area contributed by atoms with Gasteiger partial charge in [-0.2, -0.15) is 13.2 Å². The Morgan fingerprint density at radius 2 is 1.89 bits per heavy atom. The third-order valence-corrected chi connectivity index (χ3v) is 0.693. The first-order chi connectivity index (χ1) is 3.85. The lowest BCUT2D eigenvalue weighted by Gasteiger charge is -2.06. The maximum absolute atomic E-state index is 11.3. The molecule has 1 atom stereocenters. The first kappa shape index (κ1) is 8.42. The molecule has 0 fully saturated rings. The van der Waals surface area contributed by atoms with Crippen LogP contribution in [0.25, 0.3) is 0 Å². The lowest BCUT2D eigenvalue weighted by atomic mass is 10.2. The van der Waals surface area contributed by atoms with Crippen molar-refractivity contribution >= 4 is 5.78 Å². The van der Waals surface area contributed by atoms with E-state index in [1.54, 1.807) is 0 Å². The largest absolute Gasteiger partial charge is 0.451 e. The molecule has 5 heteroatoms. The van der Waals surface area contributed by atoms with Crippen LogP contribution < -0.4 is 5.73 Å². The van der Waals surface area contributed by atoms with Crippen molar-refractivity contribution < 1.29 is 18.0 Å². The minimum absolute atomic E-state index is 0.996. The van der Waals surface area contributed by atoms with Crippen molar-refractivity contribution in [2.75, 3.05) is 0 Å². The van der Waals surface area contributed by atoms with Gasteiger partial charge >= 0.3 is 6.18 Å². The molecule has 0 radical (unpaired) electrons. The number of carbonyl (C=O) groups excluding carboxylic acids is 1. The number of hydrogen-bond donors (Lipinski definition) is 1. The van der Waals surface area contributed by atoms with Gasteiger partial charge in [0.2, 0.25) is 0 Å². The molecular formula is C4H6F3NO. The average molecular weight is 141 g/mol. The summed E-state index contributed by atoms with van der Waals surface area (Å²) in [6, 6.07) is -1.45. The summed E-state index contributed by atoms with van der Waals surface area (Å²) < 4.78 is 33.8. The van der Waals surface area contributed by atoms with Crippen LogP contribution in [0, 0.1) is 0 Å². The Hall–Kier alpha value is -0.580. The Bertz CT molecular complexity index is 117. The van der Waals surface area contributed by atoms with Gasteiger partial charge in [0.1, 0.15) is 0 Å². The smallest absolute Gasteiger partial charge is 0.321 e. The third-order valence-electron chi connectivity index (χ3n) is 0.693. The maximum atomic E-state index is 11.3. The summed E-state index contributed by atoms with van der Waals surface area (Å²) >= 11 is 0. The Morgan fingerprint density at radius 3 is 1.89 bits per heavy atom. The second kappa shape index (κ2) is 2.34. The Labute approximate surface area is 49.8 Å². The molecule has 0 heterocycles. The first-order valence-electron chi connectivity index (χ1n) is 2.22. The monoisotopic (exact) mass is 141 g/mol. The van der Waals surface area contributed by atoms with E-state index in [1.807, 2.05) is 0 Å². The van der Waals surface area contributed by atoms with Gasteiger partial charge in [0.15, 0.2) is 0 Å². The third kappa shape index (κ3) is 2.46. The fraction of sp³-hybridized carbons (Fsp3) is 0.750. The number of halogens is 3. The highest BCUT2D eigenvalue weighted by molar-refractivity contribution is 5.88. The second-order valence-corrected chi connectivity index (χ2v) is 1.65. The van der Waals surface area contributed by atoms with Crippen molar-refractivity contribution in [1.29, 1.82) is 0 Å². The Morgan fingerprint density at radius 1 is 1.56 bits per heavy atom.